The predicted molar refractivity (Wildman–Crippen MR) is 100 cm³/mol. The molecule has 136 valence electrons. The molecule has 1 aromatic heterocycles. The molecule has 27 heavy (non-hydrogen) atoms. The molecule has 1 aliphatic carbocycles. The summed E-state index contributed by atoms with van der Waals surface area (Å²) in [5, 5.41) is 6.68. The molecule has 5 nitrogen and oxygen atoms in total. The van der Waals surface area contributed by atoms with E-state index in [1.807, 2.05) is 24.3 Å². The van der Waals surface area contributed by atoms with Gasteiger partial charge in [-0.15, -0.1) is 0 Å². The van der Waals surface area contributed by atoms with Crippen molar-refractivity contribution in [2.45, 2.75) is 31.1 Å². The maximum Gasteiger partial charge on any atom is 0.258 e. The zero-order chi connectivity index (χ0) is 18.4. The number of hydrogen-bond acceptors (Lipinski definition) is 3. The fourth-order valence-corrected chi connectivity index (χ4v) is 4.67. The lowest BCUT2D eigenvalue weighted by Crippen LogP contribution is -2.35. The van der Waals surface area contributed by atoms with Crippen molar-refractivity contribution in [1.82, 2.24) is 15.2 Å². The lowest BCUT2D eigenvalue weighted by Gasteiger charge is -2.25. The zero-order valence-corrected chi connectivity index (χ0v) is 14.8. The van der Waals surface area contributed by atoms with Gasteiger partial charge in [-0.05, 0) is 37.1 Å². The van der Waals surface area contributed by atoms with Gasteiger partial charge in [-0.25, -0.2) is 9.37 Å². The first-order chi connectivity index (χ1) is 13.2. The van der Waals surface area contributed by atoms with E-state index in [0.29, 0.717) is 23.6 Å². The Bertz CT molecular complexity index is 1010. The summed E-state index contributed by atoms with van der Waals surface area (Å²) in [6.07, 6.45) is 5.46. The van der Waals surface area contributed by atoms with Gasteiger partial charge in [-0.1, -0.05) is 31.0 Å². The van der Waals surface area contributed by atoms with Crippen molar-refractivity contribution in [3.63, 3.8) is 0 Å². The molecule has 1 amide bonds. The van der Waals surface area contributed by atoms with Crippen LogP contribution in [0.1, 0.15) is 41.6 Å². The first kappa shape index (κ1) is 16.2. The Labute approximate surface area is 156 Å². The lowest BCUT2D eigenvalue weighted by atomic mass is 9.80. The molecule has 3 aromatic rings. The van der Waals surface area contributed by atoms with Gasteiger partial charge in [0, 0.05) is 28.7 Å². The summed E-state index contributed by atoms with van der Waals surface area (Å²) in [6.45, 7) is 0.550. The lowest BCUT2D eigenvalue weighted by molar-refractivity contribution is 0.0985. The first-order valence-electron chi connectivity index (χ1n) is 9.25. The normalized spacial score (nSPS) is 17.4. The van der Waals surface area contributed by atoms with Crippen LogP contribution in [0.15, 0.2) is 48.8 Å². The van der Waals surface area contributed by atoms with Crippen molar-refractivity contribution < 1.29 is 9.18 Å². The van der Waals surface area contributed by atoms with Crippen LogP contribution in [0.3, 0.4) is 0 Å². The number of halogens is 1. The number of aromatic nitrogens is 3. The fourth-order valence-electron chi connectivity index (χ4n) is 4.67. The van der Waals surface area contributed by atoms with E-state index in [4.69, 9.17) is 0 Å². The molecule has 1 N–H and O–H groups in total. The van der Waals surface area contributed by atoms with Gasteiger partial charge in [0.2, 0.25) is 0 Å². The third-order valence-corrected chi connectivity index (χ3v) is 5.88. The molecule has 1 saturated carbocycles. The van der Waals surface area contributed by atoms with Gasteiger partial charge in [0.15, 0.2) is 5.82 Å². The second-order valence-electron chi connectivity index (χ2n) is 7.43. The van der Waals surface area contributed by atoms with Crippen LogP contribution in [0.2, 0.25) is 0 Å². The second-order valence-corrected chi connectivity index (χ2v) is 7.43. The molecule has 0 unspecified atom stereocenters. The molecule has 5 rings (SSSR count). The van der Waals surface area contributed by atoms with Crippen LogP contribution >= 0.6 is 0 Å². The summed E-state index contributed by atoms with van der Waals surface area (Å²) < 4.78 is 14.7. The second kappa shape index (κ2) is 6.01. The monoisotopic (exact) mass is 362 g/mol. The molecule has 0 bridgehead atoms. The van der Waals surface area contributed by atoms with Crippen LogP contribution in [0, 0.1) is 5.82 Å². The molecule has 1 fully saturated rings. The average molecular weight is 362 g/mol. The number of amides is 1. The molecular formula is C21H19FN4O. The summed E-state index contributed by atoms with van der Waals surface area (Å²) in [4.78, 5) is 19.2. The largest absolute Gasteiger partial charge is 0.307 e. The van der Waals surface area contributed by atoms with Gasteiger partial charge >= 0.3 is 0 Å². The van der Waals surface area contributed by atoms with Gasteiger partial charge in [0.1, 0.15) is 12.1 Å². The summed E-state index contributed by atoms with van der Waals surface area (Å²) in [5.41, 5.74) is 2.56. The Morgan fingerprint density at radius 1 is 1.15 bits per heavy atom. The van der Waals surface area contributed by atoms with E-state index in [1.54, 1.807) is 17.0 Å². The third kappa shape index (κ3) is 2.47. The van der Waals surface area contributed by atoms with E-state index < -0.39 is 0 Å². The molecule has 1 aliphatic heterocycles. The molecule has 0 atom stereocenters. The van der Waals surface area contributed by atoms with Crippen molar-refractivity contribution >= 4 is 11.6 Å². The number of carbonyl (C=O) groups excluding carboxylic acids is 1. The molecular weight excluding hydrogens is 343 g/mol. The van der Waals surface area contributed by atoms with Gasteiger partial charge in [-0.2, -0.15) is 5.10 Å². The number of fused-ring (bicyclic) bond motifs is 2. The van der Waals surface area contributed by atoms with Crippen LogP contribution < -0.4 is 4.90 Å². The van der Waals surface area contributed by atoms with E-state index >= 15 is 0 Å². The third-order valence-electron chi connectivity index (χ3n) is 5.88. The van der Waals surface area contributed by atoms with Crippen LogP contribution in [0.4, 0.5) is 10.1 Å². The summed E-state index contributed by atoms with van der Waals surface area (Å²) in [5.74, 6) is 0.317. The van der Waals surface area contributed by atoms with Crippen molar-refractivity contribution in [2.24, 2.45) is 0 Å². The van der Waals surface area contributed by atoms with Gasteiger partial charge in [0.25, 0.3) is 5.91 Å². The van der Waals surface area contributed by atoms with Crippen molar-refractivity contribution in [1.29, 1.82) is 0 Å². The van der Waals surface area contributed by atoms with Crippen molar-refractivity contribution in [2.75, 3.05) is 11.4 Å². The number of rotatable bonds is 2. The van der Waals surface area contributed by atoms with E-state index in [-0.39, 0.29) is 17.1 Å². The van der Waals surface area contributed by atoms with E-state index in [1.165, 1.54) is 12.4 Å². The highest BCUT2D eigenvalue weighted by Gasteiger charge is 2.48. The minimum absolute atomic E-state index is 0.105. The molecule has 0 radical (unpaired) electrons. The fraction of sp³-hybridized carbons (Fsp3) is 0.286. The zero-order valence-electron chi connectivity index (χ0n) is 14.8. The minimum Gasteiger partial charge on any atom is -0.307 e. The van der Waals surface area contributed by atoms with Crippen LogP contribution in [0.25, 0.3) is 11.4 Å². The number of carbonyl (C=O) groups is 1. The molecule has 2 heterocycles. The number of nitrogens with one attached hydrogen (secondary N) is 1. The highest BCUT2D eigenvalue weighted by atomic mass is 19.1. The van der Waals surface area contributed by atoms with E-state index in [2.05, 4.69) is 15.2 Å². The topological polar surface area (TPSA) is 61.9 Å². The quantitative estimate of drug-likeness (QED) is 0.747. The Hall–Kier alpha value is -3.02. The SMILES string of the molecule is O=C(c1cccc(-c2ncn[nH]2)c1)N1CC2(CCCC2)c2c(F)cccc21. The Morgan fingerprint density at radius 3 is 2.74 bits per heavy atom. The van der Waals surface area contributed by atoms with Crippen molar-refractivity contribution in [3.8, 4) is 11.4 Å². The van der Waals surface area contributed by atoms with E-state index in [0.717, 1.165) is 36.8 Å². The van der Waals surface area contributed by atoms with Gasteiger partial charge < -0.3 is 4.90 Å². The van der Waals surface area contributed by atoms with E-state index in [9.17, 15) is 9.18 Å². The van der Waals surface area contributed by atoms with Gasteiger partial charge in [-0.3, -0.25) is 9.89 Å². The maximum atomic E-state index is 14.7. The molecule has 2 aromatic carbocycles. The summed E-state index contributed by atoms with van der Waals surface area (Å²) in [7, 11) is 0. The molecule has 6 heteroatoms. The standard InChI is InChI=1S/C21H19FN4O/c22-16-7-4-8-17-18(16)21(9-1-2-10-21)12-26(17)20(27)15-6-3-5-14(11-15)19-23-13-24-25-19/h3-8,11,13H,1-2,9-10,12H2,(H,23,24,25). The Kier molecular flexibility index (Phi) is 3.60. The molecule has 0 saturated heterocycles. The van der Waals surface area contributed by atoms with Gasteiger partial charge in [0.05, 0.1) is 5.69 Å². The first-order valence-corrected chi connectivity index (χ1v) is 9.25. The highest BCUT2D eigenvalue weighted by molar-refractivity contribution is 6.08. The number of nitrogens with zero attached hydrogens (tertiary/aromatic N) is 3. The number of aromatic amines is 1. The number of H-pyrrole nitrogens is 1. The summed E-state index contributed by atoms with van der Waals surface area (Å²) in [6, 6.07) is 12.4. The average Bonchev–Trinajstić information content (AvgIpc) is 3.43. The maximum absolute atomic E-state index is 14.7. The number of hydrogen-bond donors (Lipinski definition) is 1. The minimum atomic E-state index is -0.237. The number of anilines is 1. The Balaban J connectivity index is 1.55. The smallest absolute Gasteiger partial charge is 0.258 e. The van der Waals surface area contributed by atoms with Crippen LogP contribution in [-0.2, 0) is 5.41 Å². The summed E-state index contributed by atoms with van der Waals surface area (Å²) >= 11 is 0. The number of benzene rings is 2. The Morgan fingerprint density at radius 2 is 1.96 bits per heavy atom. The van der Waals surface area contributed by atoms with Crippen molar-refractivity contribution in [3.05, 3.63) is 65.7 Å². The highest BCUT2D eigenvalue weighted by Crippen LogP contribution is 2.51. The molecule has 2 aliphatic rings. The predicted octanol–water partition coefficient (Wildman–Crippen LogP) is 4.08. The van der Waals surface area contributed by atoms with Crippen LogP contribution in [0.5, 0.6) is 0 Å². The van der Waals surface area contributed by atoms with Crippen LogP contribution in [-0.4, -0.2) is 27.6 Å². The molecule has 1 spiro atoms.